The second-order valence-electron chi connectivity index (χ2n) is 8.44. The van der Waals surface area contributed by atoms with Gasteiger partial charge in [0.05, 0.1) is 40.5 Å². The summed E-state index contributed by atoms with van der Waals surface area (Å²) in [6.45, 7) is 6.46. The molecule has 4 aromatic rings. The first-order valence-corrected chi connectivity index (χ1v) is 13.8. The number of thioether (sulfide) groups is 1. The Hall–Kier alpha value is -3.11. The molecule has 1 aromatic heterocycles. The zero-order chi connectivity index (χ0) is 24.9. The number of anilines is 3. The maximum absolute atomic E-state index is 12.6. The molecule has 3 N–H and O–H groups in total. The summed E-state index contributed by atoms with van der Waals surface area (Å²) >= 11 is 3.44. The van der Waals surface area contributed by atoms with Gasteiger partial charge in [-0.3, -0.25) is 4.79 Å². The first kappa shape index (κ1) is 24.6. The van der Waals surface area contributed by atoms with Crippen LogP contribution in [0.3, 0.4) is 0 Å². The number of hydrazine groups is 1. The largest absolute Gasteiger partial charge is 0.397 e. The minimum absolute atomic E-state index is 0.174. The van der Waals surface area contributed by atoms with E-state index in [4.69, 9.17) is 15.5 Å². The number of nitrogens with two attached hydrogens (primary N) is 1. The Labute approximate surface area is 219 Å². The van der Waals surface area contributed by atoms with Crippen LogP contribution in [0.4, 0.5) is 17.1 Å². The van der Waals surface area contributed by atoms with Crippen molar-refractivity contribution in [3.05, 3.63) is 77.9 Å². The molecule has 3 aromatic carbocycles. The molecule has 1 aliphatic rings. The average Bonchev–Trinajstić information content (AvgIpc) is 3.32. The van der Waals surface area contributed by atoms with Crippen LogP contribution in [0.5, 0.6) is 0 Å². The Balaban J connectivity index is 1.21. The van der Waals surface area contributed by atoms with Crippen molar-refractivity contribution in [2.24, 2.45) is 0 Å². The molecule has 0 saturated carbocycles. The lowest BCUT2D eigenvalue weighted by atomic mass is 10.1. The number of carbonyl (C=O) groups excluding carboxylic acids is 1. The van der Waals surface area contributed by atoms with Gasteiger partial charge in [0.2, 0.25) is 0 Å². The number of aromatic nitrogens is 1. The number of nitrogen functional groups attached to an aromatic ring is 1. The fourth-order valence-electron chi connectivity index (χ4n) is 4.16. The SMILES string of the molecule is CCN(c1ccc2nc(SCc3ccc(C(=O)Nc4ccccc4N)cc3)sc2c1)N1CCOCC1. The van der Waals surface area contributed by atoms with Crippen molar-refractivity contribution < 1.29 is 9.53 Å². The van der Waals surface area contributed by atoms with E-state index in [0.29, 0.717) is 16.9 Å². The molecule has 2 heterocycles. The number of hydrogen-bond donors (Lipinski definition) is 2. The van der Waals surface area contributed by atoms with Gasteiger partial charge in [-0.15, -0.1) is 11.3 Å². The van der Waals surface area contributed by atoms with Gasteiger partial charge in [-0.05, 0) is 55.0 Å². The highest BCUT2D eigenvalue weighted by atomic mass is 32.2. The summed E-state index contributed by atoms with van der Waals surface area (Å²) in [6, 6.07) is 21.4. The molecule has 1 saturated heterocycles. The summed E-state index contributed by atoms with van der Waals surface area (Å²) in [7, 11) is 0. The maximum atomic E-state index is 12.6. The third-order valence-electron chi connectivity index (χ3n) is 6.07. The number of nitrogens with one attached hydrogen (secondary N) is 1. The number of hydrogen-bond acceptors (Lipinski definition) is 8. The maximum Gasteiger partial charge on any atom is 0.255 e. The van der Waals surface area contributed by atoms with Crippen molar-refractivity contribution in [3.8, 4) is 0 Å². The van der Waals surface area contributed by atoms with E-state index in [1.54, 1.807) is 35.2 Å². The van der Waals surface area contributed by atoms with Gasteiger partial charge in [0.1, 0.15) is 0 Å². The second kappa shape index (κ2) is 11.3. The monoisotopic (exact) mass is 519 g/mol. The summed E-state index contributed by atoms with van der Waals surface area (Å²) in [4.78, 5) is 17.4. The van der Waals surface area contributed by atoms with Gasteiger partial charge >= 0.3 is 0 Å². The Morgan fingerprint density at radius 3 is 2.67 bits per heavy atom. The number of carbonyl (C=O) groups is 1. The van der Waals surface area contributed by atoms with Crippen molar-refractivity contribution in [2.45, 2.75) is 17.0 Å². The predicted octanol–water partition coefficient (Wildman–Crippen LogP) is 5.50. The van der Waals surface area contributed by atoms with Crippen LogP contribution in [-0.2, 0) is 10.5 Å². The van der Waals surface area contributed by atoms with Crippen molar-refractivity contribution in [1.82, 2.24) is 9.99 Å². The Bertz CT molecular complexity index is 1340. The van der Waals surface area contributed by atoms with Crippen LogP contribution in [0, 0.1) is 0 Å². The van der Waals surface area contributed by atoms with E-state index in [9.17, 15) is 4.79 Å². The Morgan fingerprint density at radius 1 is 1.14 bits per heavy atom. The predicted molar refractivity (Wildman–Crippen MR) is 150 cm³/mol. The van der Waals surface area contributed by atoms with E-state index in [2.05, 4.69) is 40.5 Å². The molecule has 9 heteroatoms. The fourth-order valence-corrected chi connectivity index (χ4v) is 6.22. The topological polar surface area (TPSA) is 83.7 Å². The van der Waals surface area contributed by atoms with Crippen molar-refractivity contribution >= 4 is 56.3 Å². The standard InChI is InChI=1S/C27H29N5O2S2/c1-2-32(31-13-15-34-16-14-31)21-11-12-24-25(17-21)36-27(30-24)35-18-19-7-9-20(10-8-19)26(33)29-23-6-4-3-5-22(23)28/h3-12,17H,2,13-16,18,28H2,1H3,(H,29,33). The van der Waals surface area contributed by atoms with Gasteiger partial charge in [-0.2, -0.15) is 0 Å². The van der Waals surface area contributed by atoms with E-state index in [0.717, 1.165) is 54.0 Å². The molecule has 1 fully saturated rings. The third kappa shape index (κ3) is 5.65. The number of ether oxygens (including phenoxy) is 1. The van der Waals surface area contributed by atoms with Crippen molar-refractivity contribution in [1.29, 1.82) is 0 Å². The summed E-state index contributed by atoms with van der Waals surface area (Å²) in [6.07, 6.45) is 0. The first-order chi connectivity index (χ1) is 17.6. The molecule has 186 valence electrons. The van der Waals surface area contributed by atoms with Crippen LogP contribution in [0.1, 0.15) is 22.8 Å². The number of rotatable bonds is 8. The van der Waals surface area contributed by atoms with E-state index < -0.39 is 0 Å². The summed E-state index contributed by atoms with van der Waals surface area (Å²) in [5.74, 6) is 0.613. The number of thiazole rings is 1. The molecule has 1 amide bonds. The fraction of sp³-hybridized carbons (Fsp3) is 0.259. The number of amides is 1. The average molecular weight is 520 g/mol. The van der Waals surface area contributed by atoms with Gasteiger partial charge < -0.3 is 20.8 Å². The highest BCUT2D eigenvalue weighted by molar-refractivity contribution is 8.00. The van der Waals surface area contributed by atoms with Crippen LogP contribution < -0.4 is 16.1 Å². The quantitative estimate of drug-likeness (QED) is 0.235. The molecule has 0 atom stereocenters. The molecular formula is C27H29N5O2S2. The number of benzene rings is 3. The molecular weight excluding hydrogens is 490 g/mol. The van der Waals surface area contributed by atoms with Crippen LogP contribution in [-0.4, -0.2) is 48.7 Å². The molecule has 5 rings (SSSR count). The number of fused-ring (bicyclic) bond motifs is 1. The summed E-state index contributed by atoms with van der Waals surface area (Å²) < 4.78 is 7.74. The van der Waals surface area contributed by atoms with Gasteiger partial charge in [-0.25, -0.2) is 9.99 Å². The highest BCUT2D eigenvalue weighted by Gasteiger charge is 2.18. The normalized spacial score (nSPS) is 14.1. The van der Waals surface area contributed by atoms with Crippen molar-refractivity contribution in [3.63, 3.8) is 0 Å². The highest BCUT2D eigenvalue weighted by Crippen LogP contribution is 2.34. The number of nitrogens with zero attached hydrogens (tertiary/aromatic N) is 3. The summed E-state index contributed by atoms with van der Waals surface area (Å²) in [5, 5.41) is 7.56. The zero-order valence-electron chi connectivity index (χ0n) is 20.1. The Morgan fingerprint density at radius 2 is 1.92 bits per heavy atom. The van der Waals surface area contributed by atoms with E-state index >= 15 is 0 Å². The number of para-hydroxylation sites is 2. The van der Waals surface area contributed by atoms with Gasteiger partial charge in [0, 0.05) is 31.0 Å². The van der Waals surface area contributed by atoms with Crippen molar-refractivity contribution in [2.75, 3.05) is 48.9 Å². The minimum Gasteiger partial charge on any atom is -0.397 e. The lowest BCUT2D eigenvalue weighted by Gasteiger charge is -2.38. The van der Waals surface area contributed by atoms with Crippen LogP contribution in [0.25, 0.3) is 10.2 Å². The number of morpholine rings is 1. The second-order valence-corrected chi connectivity index (χ2v) is 10.7. The zero-order valence-corrected chi connectivity index (χ0v) is 21.8. The van der Waals surface area contributed by atoms with Gasteiger partial charge in [0.25, 0.3) is 5.91 Å². The molecule has 1 aliphatic heterocycles. The lowest BCUT2D eigenvalue weighted by molar-refractivity contribution is 0.0323. The Kier molecular flexibility index (Phi) is 7.72. The van der Waals surface area contributed by atoms with E-state index in [1.165, 1.54) is 10.4 Å². The molecule has 0 radical (unpaired) electrons. The molecule has 0 unspecified atom stereocenters. The minimum atomic E-state index is -0.174. The van der Waals surface area contributed by atoms with Crippen LogP contribution >= 0.6 is 23.1 Å². The van der Waals surface area contributed by atoms with Gasteiger partial charge in [-0.1, -0.05) is 36.0 Å². The third-order valence-corrected chi connectivity index (χ3v) is 8.30. The first-order valence-electron chi connectivity index (χ1n) is 12.0. The molecule has 0 aliphatic carbocycles. The molecule has 7 nitrogen and oxygen atoms in total. The smallest absolute Gasteiger partial charge is 0.255 e. The van der Waals surface area contributed by atoms with Crippen LogP contribution in [0.15, 0.2) is 71.1 Å². The molecule has 0 bridgehead atoms. The summed E-state index contributed by atoms with van der Waals surface area (Å²) in [5.41, 5.74) is 11.0. The van der Waals surface area contributed by atoms with E-state index in [1.807, 2.05) is 36.4 Å². The van der Waals surface area contributed by atoms with E-state index in [-0.39, 0.29) is 5.91 Å². The van der Waals surface area contributed by atoms with Crippen LogP contribution in [0.2, 0.25) is 0 Å². The lowest BCUT2D eigenvalue weighted by Crippen LogP contribution is -2.49. The molecule has 0 spiro atoms. The molecule has 36 heavy (non-hydrogen) atoms. The van der Waals surface area contributed by atoms with Gasteiger partial charge in [0.15, 0.2) is 4.34 Å².